The van der Waals surface area contributed by atoms with E-state index in [1.807, 2.05) is 0 Å². The molecule has 4 fully saturated rings. The molecular weight excluding hydrogens is 368 g/mol. The second-order valence-electron chi connectivity index (χ2n) is 13.2. The van der Waals surface area contributed by atoms with Crippen molar-refractivity contribution in [1.29, 1.82) is 0 Å². The van der Waals surface area contributed by atoms with E-state index < -0.39 is 0 Å². The summed E-state index contributed by atoms with van der Waals surface area (Å²) < 4.78 is 0. The zero-order valence-electron chi connectivity index (χ0n) is 20.7. The molecule has 0 bridgehead atoms. The molecule has 174 valence electrons. The first-order chi connectivity index (χ1) is 14.1. The Bertz CT molecular complexity index is 601. The zero-order chi connectivity index (χ0) is 21.8. The van der Waals surface area contributed by atoms with Gasteiger partial charge >= 0.3 is 0 Å². The van der Waals surface area contributed by atoms with Crippen LogP contribution in [0, 0.1) is 58.2 Å². The van der Waals surface area contributed by atoms with Crippen molar-refractivity contribution in [3.63, 3.8) is 0 Å². The Hall–Kier alpha value is -0.0800. The maximum atomic E-state index is 11.6. The summed E-state index contributed by atoms with van der Waals surface area (Å²) in [5.41, 5.74) is 0.581. The predicted molar refractivity (Wildman–Crippen MR) is 125 cm³/mol. The van der Waals surface area contributed by atoms with Gasteiger partial charge in [0.05, 0.1) is 12.2 Å². The lowest BCUT2D eigenvalue weighted by atomic mass is 9.43. The fraction of sp³-hybridized carbons (Fsp3) is 1.00. The average molecular weight is 419 g/mol. The van der Waals surface area contributed by atoms with Gasteiger partial charge in [-0.2, -0.15) is 0 Å². The van der Waals surface area contributed by atoms with Gasteiger partial charge < -0.3 is 10.2 Å². The molecule has 4 rings (SSSR count). The molecule has 2 N–H and O–H groups in total. The van der Waals surface area contributed by atoms with Gasteiger partial charge in [0, 0.05) is 0 Å². The van der Waals surface area contributed by atoms with Crippen LogP contribution in [0.2, 0.25) is 0 Å². The van der Waals surface area contributed by atoms with Gasteiger partial charge in [0.25, 0.3) is 0 Å². The van der Waals surface area contributed by atoms with E-state index >= 15 is 0 Å². The van der Waals surface area contributed by atoms with E-state index in [1.165, 1.54) is 38.5 Å². The summed E-state index contributed by atoms with van der Waals surface area (Å²) in [6.45, 7) is 14.7. The van der Waals surface area contributed by atoms with Gasteiger partial charge in [0.15, 0.2) is 0 Å². The SMILES string of the molecule is CC(C)[C@@H](C)CC[C@@H](C)[C@@H]1CC[C@@H]2[C@@H]3CC[C@H]4C[C@H](O)CC[C@]4(C)[C@@H]3[C@H](O)C[C@]21C. The van der Waals surface area contributed by atoms with Crippen LogP contribution in [-0.2, 0) is 0 Å². The molecule has 0 heterocycles. The quantitative estimate of drug-likeness (QED) is 0.522. The summed E-state index contributed by atoms with van der Waals surface area (Å²) in [5.74, 6) is 5.78. The molecule has 11 atom stereocenters. The molecular formula is C28H50O2. The highest BCUT2D eigenvalue weighted by atomic mass is 16.3. The van der Waals surface area contributed by atoms with Gasteiger partial charge in [-0.3, -0.25) is 0 Å². The highest BCUT2D eigenvalue weighted by Crippen LogP contribution is 2.68. The molecule has 2 nitrogen and oxygen atoms in total. The lowest BCUT2D eigenvalue weighted by molar-refractivity contribution is -0.179. The summed E-state index contributed by atoms with van der Waals surface area (Å²) in [5, 5.41) is 21.9. The Kier molecular flexibility index (Phi) is 6.44. The van der Waals surface area contributed by atoms with Gasteiger partial charge in [-0.05, 0) is 110 Å². The van der Waals surface area contributed by atoms with Crippen molar-refractivity contribution in [2.45, 2.75) is 118 Å². The van der Waals surface area contributed by atoms with Crippen molar-refractivity contribution >= 4 is 0 Å². The van der Waals surface area contributed by atoms with Crippen molar-refractivity contribution in [2.75, 3.05) is 0 Å². The fourth-order valence-corrected chi connectivity index (χ4v) is 9.39. The Balaban J connectivity index is 1.51. The van der Waals surface area contributed by atoms with E-state index in [0.29, 0.717) is 23.2 Å². The maximum Gasteiger partial charge on any atom is 0.0581 e. The Morgan fingerprint density at radius 2 is 1.60 bits per heavy atom. The molecule has 30 heavy (non-hydrogen) atoms. The third kappa shape index (κ3) is 3.70. The number of aliphatic hydroxyl groups is 2. The monoisotopic (exact) mass is 418 g/mol. The Morgan fingerprint density at radius 3 is 2.30 bits per heavy atom. The first kappa shape index (κ1) is 23.1. The van der Waals surface area contributed by atoms with E-state index in [-0.39, 0.29) is 17.6 Å². The predicted octanol–water partition coefficient (Wildman–Crippen LogP) is 6.69. The average Bonchev–Trinajstić information content (AvgIpc) is 3.02. The molecule has 0 aromatic rings. The summed E-state index contributed by atoms with van der Waals surface area (Å²) in [7, 11) is 0. The van der Waals surface area contributed by atoms with Crippen LogP contribution in [0.25, 0.3) is 0 Å². The molecule has 0 aliphatic heterocycles. The highest BCUT2D eigenvalue weighted by molar-refractivity contribution is 5.12. The third-order valence-electron chi connectivity index (χ3n) is 11.5. The molecule has 4 aliphatic rings. The first-order valence-electron chi connectivity index (χ1n) is 13.4. The van der Waals surface area contributed by atoms with Gasteiger partial charge in [-0.15, -0.1) is 0 Å². The highest BCUT2D eigenvalue weighted by Gasteiger charge is 2.63. The molecule has 0 spiro atoms. The van der Waals surface area contributed by atoms with Crippen LogP contribution in [0.1, 0.15) is 106 Å². The minimum Gasteiger partial charge on any atom is -0.393 e. The van der Waals surface area contributed by atoms with Crippen LogP contribution >= 0.6 is 0 Å². The lowest BCUT2D eigenvalue weighted by Crippen LogP contribution is -2.59. The molecule has 0 saturated heterocycles. The second-order valence-corrected chi connectivity index (χ2v) is 13.2. The summed E-state index contributed by atoms with van der Waals surface area (Å²) in [6, 6.07) is 0. The van der Waals surface area contributed by atoms with E-state index in [1.54, 1.807) is 0 Å². The molecule has 0 aromatic heterocycles. The Labute approximate surface area is 186 Å². The number of hydrogen-bond acceptors (Lipinski definition) is 2. The van der Waals surface area contributed by atoms with E-state index in [0.717, 1.165) is 55.3 Å². The topological polar surface area (TPSA) is 40.5 Å². The molecule has 4 aliphatic carbocycles. The summed E-state index contributed by atoms with van der Waals surface area (Å²) in [6.07, 6.45) is 11.9. The van der Waals surface area contributed by atoms with E-state index in [2.05, 4.69) is 41.5 Å². The van der Waals surface area contributed by atoms with E-state index in [4.69, 9.17) is 0 Å². The third-order valence-corrected chi connectivity index (χ3v) is 11.5. The number of aliphatic hydroxyl groups excluding tert-OH is 2. The zero-order valence-corrected chi connectivity index (χ0v) is 20.7. The van der Waals surface area contributed by atoms with Crippen molar-refractivity contribution in [1.82, 2.24) is 0 Å². The molecule has 0 aromatic carbocycles. The summed E-state index contributed by atoms with van der Waals surface area (Å²) in [4.78, 5) is 0. The number of hydrogen-bond donors (Lipinski definition) is 2. The second kappa shape index (κ2) is 8.36. The van der Waals surface area contributed by atoms with Crippen LogP contribution in [0.4, 0.5) is 0 Å². The van der Waals surface area contributed by atoms with Crippen molar-refractivity contribution < 1.29 is 10.2 Å². The van der Waals surface area contributed by atoms with Crippen LogP contribution < -0.4 is 0 Å². The van der Waals surface area contributed by atoms with Crippen molar-refractivity contribution in [3.8, 4) is 0 Å². The number of fused-ring (bicyclic) bond motifs is 5. The fourth-order valence-electron chi connectivity index (χ4n) is 9.39. The van der Waals surface area contributed by atoms with Gasteiger partial charge in [0.1, 0.15) is 0 Å². The van der Waals surface area contributed by atoms with Gasteiger partial charge in [-0.1, -0.05) is 54.4 Å². The van der Waals surface area contributed by atoms with Crippen molar-refractivity contribution in [2.24, 2.45) is 58.2 Å². The molecule has 0 unspecified atom stereocenters. The first-order valence-corrected chi connectivity index (χ1v) is 13.4. The van der Waals surface area contributed by atoms with Crippen LogP contribution in [0.5, 0.6) is 0 Å². The Morgan fingerprint density at radius 1 is 0.867 bits per heavy atom. The molecule has 0 radical (unpaired) electrons. The van der Waals surface area contributed by atoms with Gasteiger partial charge in [-0.25, -0.2) is 0 Å². The van der Waals surface area contributed by atoms with Gasteiger partial charge in [0.2, 0.25) is 0 Å². The van der Waals surface area contributed by atoms with Crippen molar-refractivity contribution in [3.05, 3.63) is 0 Å². The lowest BCUT2D eigenvalue weighted by Gasteiger charge is -2.62. The van der Waals surface area contributed by atoms with Crippen LogP contribution in [-0.4, -0.2) is 22.4 Å². The smallest absolute Gasteiger partial charge is 0.0581 e. The molecule has 2 heteroatoms. The van der Waals surface area contributed by atoms with Crippen LogP contribution in [0.15, 0.2) is 0 Å². The molecule has 0 amide bonds. The minimum absolute atomic E-state index is 0.101. The van der Waals surface area contributed by atoms with E-state index in [9.17, 15) is 10.2 Å². The van der Waals surface area contributed by atoms with Crippen LogP contribution in [0.3, 0.4) is 0 Å². The largest absolute Gasteiger partial charge is 0.393 e. The minimum atomic E-state index is -0.137. The standard InChI is InChI=1S/C28H50O2/c1-17(2)18(3)7-8-19(4)23-11-12-24-22-10-9-20-15-21(29)13-14-27(20,5)26(22)25(30)16-28(23,24)6/h17-26,29-30H,7-16H2,1-6H3/t18-,19+,20-,21+,22-,23-,24+,25+,26-,27-,28-/m0/s1. The normalized spacial score (nSPS) is 50.5. The summed E-state index contributed by atoms with van der Waals surface area (Å²) >= 11 is 0. The maximum absolute atomic E-state index is 11.6. The number of rotatable bonds is 5. The molecule has 4 saturated carbocycles.